The lowest BCUT2D eigenvalue weighted by Gasteiger charge is -2.26. The van der Waals surface area contributed by atoms with E-state index < -0.39 is 6.16 Å². The fourth-order valence-electron chi connectivity index (χ4n) is 2.83. The van der Waals surface area contributed by atoms with Crippen molar-refractivity contribution in [2.75, 3.05) is 38.2 Å². The van der Waals surface area contributed by atoms with Crippen molar-refractivity contribution < 1.29 is 23.8 Å². The Morgan fingerprint density at radius 2 is 1.71 bits per heavy atom. The number of benzene rings is 2. The second kappa shape index (κ2) is 9.87. The van der Waals surface area contributed by atoms with Gasteiger partial charge in [-0.15, -0.1) is 0 Å². The fraction of sp³-hybridized carbons (Fsp3) is 0.333. The van der Waals surface area contributed by atoms with E-state index in [-0.39, 0.29) is 12.5 Å². The first kappa shape index (κ1) is 19.9. The Morgan fingerprint density at radius 3 is 2.36 bits per heavy atom. The van der Waals surface area contributed by atoms with Gasteiger partial charge in [-0.05, 0) is 48.9 Å². The van der Waals surface area contributed by atoms with Crippen LogP contribution in [-0.4, -0.2) is 49.9 Å². The molecule has 28 heavy (non-hydrogen) atoms. The summed E-state index contributed by atoms with van der Waals surface area (Å²) < 4.78 is 15.0. The molecule has 0 radical (unpaired) electrons. The predicted octanol–water partition coefficient (Wildman–Crippen LogP) is 3.31. The number of anilines is 1. The third-order valence-electron chi connectivity index (χ3n) is 4.30. The van der Waals surface area contributed by atoms with Crippen LogP contribution in [0.2, 0.25) is 0 Å². The van der Waals surface area contributed by atoms with Gasteiger partial charge in [-0.3, -0.25) is 9.69 Å². The third-order valence-corrected chi connectivity index (χ3v) is 4.30. The predicted molar refractivity (Wildman–Crippen MR) is 105 cm³/mol. The summed E-state index contributed by atoms with van der Waals surface area (Å²) in [5.41, 5.74) is 2.39. The zero-order valence-corrected chi connectivity index (χ0v) is 15.8. The molecule has 1 heterocycles. The van der Waals surface area contributed by atoms with Gasteiger partial charge in [0.2, 0.25) is 0 Å². The van der Waals surface area contributed by atoms with Crippen LogP contribution in [0.15, 0.2) is 48.5 Å². The number of carbonyl (C=O) groups is 2. The lowest BCUT2D eigenvalue weighted by molar-refractivity contribution is 0.0342. The number of ether oxygens (including phenoxy) is 3. The summed E-state index contributed by atoms with van der Waals surface area (Å²) in [6, 6.07) is 14.1. The van der Waals surface area contributed by atoms with Crippen molar-refractivity contribution in [2.45, 2.75) is 13.5 Å². The van der Waals surface area contributed by atoms with Gasteiger partial charge in [-0.25, -0.2) is 4.79 Å². The summed E-state index contributed by atoms with van der Waals surface area (Å²) >= 11 is 0. The van der Waals surface area contributed by atoms with Crippen molar-refractivity contribution in [3.05, 3.63) is 59.7 Å². The van der Waals surface area contributed by atoms with Crippen molar-refractivity contribution in [1.82, 2.24) is 4.90 Å². The molecule has 1 aliphatic rings. The summed E-state index contributed by atoms with van der Waals surface area (Å²) in [4.78, 5) is 26.0. The first-order valence-corrected chi connectivity index (χ1v) is 9.29. The standard InChI is InChI=1S/C21H24N2O5/c1-2-27-21(25)28-19-9-5-17(6-10-19)20(24)22-18-7-3-16(4-8-18)15-23-11-13-26-14-12-23/h3-10H,2,11-15H2,1H3,(H,22,24). The van der Waals surface area contributed by atoms with Gasteiger partial charge in [0.25, 0.3) is 5.91 Å². The molecule has 0 bridgehead atoms. The molecule has 7 nitrogen and oxygen atoms in total. The number of morpholine rings is 1. The number of hydrogen-bond donors (Lipinski definition) is 1. The molecule has 0 aliphatic carbocycles. The Hall–Kier alpha value is -2.90. The Bertz CT molecular complexity index is 783. The molecule has 7 heteroatoms. The monoisotopic (exact) mass is 384 g/mol. The lowest BCUT2D eigenvalue weighted by Crippen LogP contribution is -2.35. The Kier molecular flexibility index (Phi) is 7.00. The molecular formula is C21H24N2O5. The smallest absolute Gasteiger partial charge is 0.434 e. The first-order chi connectivity index (χ1) is 13.6. The van der Waals surface area contributed by atoms with Crippen LogP contribution in [0.3, 0.4) is 0 Å². The van der Waals surface area contributed by atoms with E-state index in [0.717, 1.165) is 38.5 Å². The third kappa shape index (κ3) is 5.80. The molecule has 0 spiro atoms. The first-order valence-electron chi connectivity index (χ1n) is 9.29. The van der Waals surface area contributed by atoms with Gasteiger partial charge in [0.1, 0.15) is 5.75 Å². The van der Waals surface area contributed by atoms with Crippen molar-refractivity contribution in [2.24, 2.45) is 0 Å². The molecule has 2 aromatic rings. The van der Waals surface area contributed by atoms with E-state index >= 15 is 0 Å². The molecule has 1 fully saturated rings. The molecular weight excluding hydrogens is 360 g/mol. The van der Waals surface area contributed by atoms with Gasteiger partial charge >= 0.3 is 6.16 Å². The van der Waals surface area contributed by atoms with E-state index in [0.29, 0.717) is 11.3 Å². The van der Waals surface area contributed by atoms with E-state index in [1.165, 1.54) is 5.56 Å². The van der Waals surface area contributed by atoms with Crippen LogP contribution in [0.1, 0.15) is 22.8 Å². The van der Waals surface area contributed by atoms with Crippen molar-refractivity contribution in [3.8, 4) is 5.75 Å². The average molecular weight is 384 g/mol. The lowest BCUT2D eigenvalue weighted by atomic mass is 10.1. The topological polar surface area (TPSA) is 77.1 Å². The number of amides is 1. The van der Waals surface area contributed by atoms with E-state index in [9.17, 15) is 9.59 Å². The Labute approximate surface area is 164 Å². The van der Waals surface area contributed by atoms with Crippen LogP contribution in [0, 0.1) is 0 Å². The van der Waals surface area contributed by atoms with Gasteiger partial charge in [0.15, 0.2) is 0 Å². The molecule has 148 valence electrons. The molecule has 1 amide bonds. The summed E-state index contributed by atoms with van der Waals surface area (Å²) in [6.07, 6.45) is -0.767. The minimum Gasteiger partial charge on any atom is -0.434 e. The van der Waals surface area contributed by atoms with Crippen LogP contribution < -0.4 is 10.1 Å². The maximum Gasteiger partial charge on any atom is 0.513 e. The molecule has 0 aromatic heterocycles. The molecule has 0 unspecified atom stereocenters. The van der Waals surface area contributed by atoms with Crippen molar-refractivity contribution >= 4 is 17.7 Å². The Balaban J connectivity index is 1.53. The molecule has 0 atom stereocenters. The molecule has 1 N–H and O–H groups in total. The van der Waals surface area contributed by atoms with E-state index in [1.807, 2.05) is 24.3 Å². The SMILES string of the molecule is CCOC(=O)Oc1ccc(C(=O)Nc2ccc(CN3CCOCC3)cc2)cc1. The highest BCUT2D eigenvalue weighted by atomic mass is 16.7. The van der Waals surface area contributed by atoms with Gasteiger partial charge in [-0.1, -0.05) is 12.1 Å². The van der Waals surface area contributed by atoms with Gasteiger partial charge in [0, 0.05) is 30.9 Å². The number of hydrogen-bond acceptors (Lipinski definition) is 6. The molecule has 2 aromatic carbocycles. The summed E-state index contributed by atoms with van der Waals surface area (Å²) in [5.74, 6) is 0.0890. The fourth-order valence-corrected chi connectivity index (χ4v) is 2.83. The zero-order valence-electron chi connectivity index (χ0n) is 15.8. The van der Waals surface area contributed by atoms with E-state index in [4.69, 9.17) is 14.2 Å². The maximum absolute atomic E-state index is 12.4. The summed E-state index contributed by atoms with van der Waals surface area (Å²) in [6.45, 7) is 6.24. The van der Waals surface area contributed by atoms with Crippen LogP contribution in [0.25, 0.3) is 0 Å². The zero-order chi connectivity index (χ0) is 19.8. The average Bonchev–Trinajstić information content (AvgIpc) is 2.71. The largest absolute Gasteiger partial charge is 0.513 e. The molecule has 1 aliphatic heterocycles. The van der Waals surface area contributed by atoms with Gasteiger partial charge < -0.3 is 19.5 Å². The van der Waals surface area contributed by atoms with Crippen molar-refractivity contribution in [3.63, 3.8) is 0 Å². The normalized spacial score (nSPS) is 14.3. The van der Waals surface area contributed by atoms with Gasteiger partial charge in [0.05, 0.1) is 19.8 Å². The minimum atomic E-state index is -0.767. The van der Waals surface area contributed by atoms with Crippen LogP contribution in [0.5, 0.6) is 5.75 Å². The van der Waals surface area contributed by atoms with Crippen LogP contribution in [-0.2, 0) is 16.0 Å². The van der Waals surface area contributed by atoms with E-state index in [1.54, 1.807) is 31.2 Å². The second-order valence-corrected chi connectivity index (χ2v) is 6.35. The highest BCUT2D eigenvalue weighted by Gasteiger charge is 2.11. The quantitative estimate of drug-likeness (QED) is 0.608. The molecule has 1 saturated heterocycles. The second-order valence-electron chi connectivity index (χ2n) is 6.35. The number of nitrogens with one attached hydrogen (secondary N) is 1. The van der Waals surface area contributed by atoms with Gasteiger partial charge in [-0.2, -0.15) is 0 Å². The molecule has 3 rings (SSSR count). The highest BCUT2D eigenvalue weighted by Crippen LogP contribution is 2.16. The number of nitrogens with zero attached hydrogens (tertiary/aromatic N) is 1. The Morgan fingerprint density at radius 1 is 1.04 bits per heavy atom. The van der Waals surface area contributed by atoms with Crippen LogP contribution in [0.4, 0.5) is 10.5 Å². The number of carbonyl (C=O) groups excluding carboxylic acids is 2. The highest BCUT2D eigenvalue weighted by molar-refractivity contribution is 6.04. The summed E-state index contributed by atoms with van der Waals surface area (Å²) in [7, 11) is 0. The van der Waals surface area contributed by atoms with E-state index in [2.05, 4.69) is 10.2 Å². The minimum absolute atomic E-state index is 0.233. The van der Waals surface area contributed by atoms with Crippen LogP contribution >= 0.6 is 0 Å². The molecule has 0 saturated carbocycles. The summed E-state index contributed by atoms with van der Waals surface area (Å²) in [5, 5.41) is 2.86. The number of rotatable bonds is 6. The van der Waals surface area contributed by atoms with Crippen molar-refractivity contribution in [1.29, 1.82) is 0 Å². The maximum atomic E-state index is 12.4.